The lowest BCUT2D eigenvalue weighted by Crippen LogP contribution is -2.08. The van der Waals surface area contributed by atoms with Crippen molar-refractivity contribution >= 4 is 29.1 Å². The maximum Gasteiger partial charge on any atom is 0.225 e. The van der Waals surface area contributed by atoms with Crippen molar-refractivity contribution in [3.05, 3.63) is 59.6 Å². The molecule has 126 valence electrons. The first-order chi connectivity index (χ1) is 12.2. The van der Waals surface area contributed by atoms with Gasteiger partial charge in [0.05, 0.1) is 11.4 Å². The Morgan fingerprint density at radius 2 is 1.84 bits per heavy atom. The van der Waals surface area contributed by atoms with Gasteiger partial charge < -0.3 is 10.6 Å². The Kier molecular flexibility index (Phi) is 4.19. The zero-order valence-corrected chi connectivity index (χ0v) is 14.0. The van der Waals surface area contributed by atoms with Gasteiger partial charge in [-0.1, -0.05) is 11.6 Å². The zero-order valence-electron chi connectivity index (χ0n) is 13.2. The van der Waals surface area contributed by atoms with E-state index in [1.165, 1.54) is 18.2 Å². The molecule has 2 heterocycles. The van der Waals surface area contributed by atoms with Crippen LogP contribution < -0.4 is 10.6 Å². The molecular formula is C18H15ClFN5. The average molecular weight is 356 g/mol. The molecule has 1 aromatic carbocycles. The number of halogens is 2. The lowest BCUT2D eigenvalue weighted by molar-refractivity contribution is 0.632. The largest absolute Gasteiger partial charge is 0.351 e. The number of rotatable bonds is 5. The Balaban J connectivity index is 1.71. The van der Waals surface area contributed by atoms with Gasteiger partial charge in [0.25, 0.3) is 0 Å². The van der Waals surface area contributed by atoms with Gasteiger partial charge in [-0.05, 0) is 43.2 Å². The molecule has 1 aliphatic rings. The summed E-state index contributed by atoms with van der Waals surface area (Å²) in [5.74, 6) is 0.609. The highest BCUT2D eigenvalue weighted by Crippen LogP contribution is 2.28. The molecule has 0 spiro atoms. The number of anilines is 3. The Labute approximate surface area is 149 Å². The summed E-state index contributed by atoms with van der Waals surface area (Å²) in [6.07, 6.45) is 5.62. The number of pyridine rings is 1. The molecule has 0 saturated heterocycles. The topological polar surface area (TPSA) is 62.7 Å². The van der Waals surface area contributed by atoms with E-state index >= 15 is 0 Å². The average Bonchev–Trinajstić information content (AvgIpc) is 3.43. The number of benzene rings is 1. The minimum atomic E-state index is -0.398. The number of hydrogen-bond acceptors (Lipinski definition) is 5. The fraction of sp³-hybridized carbons (Fsp3) is 0.167. The third-order valence-electron chi connectivity index (χ3n) is 3.80. The first kappa shape index (κ1) is 15.8. The van der Waals surface area contributed by atoms with Gasteiger partial charge in [-0.2, -0.15) is 4.98 Å². The van der Waals surface area contributed by atoms with Crippen LogP contribution in [0, 0.1) is 5.82 Å². The molecule has 0 atom stereocenters. The summed E-state index contributed by atoms with van der Waals surface area (Å²) in [5, 5.41) is 6.72. The number of hydrogen-bond donors (Lipinski definition) is 2. The second kappa shape index (κ2) is 6.64. The summed E-state index contributed by atoms with van der Waals surface area (Å²) < 4.78 is 14.0. The fourth-order valence-electron chi connectivity index (χ4n) is 2.39. The minimum Gasteiger partial charge on any atom is -0.351 e. The third-order valence-corrected chi connectivity index (χ3v) is 4.04. The highest BCUT2D eigenvalue weighted by atomic mass is 35.5. The van der Waals surface area contributed by atoms with Crippen LogP contribution in [0.15, 0.2) is 48.8 Å². The summed E-state index contributed by atoms with van der Waals surface area (Å²) in [7, 11) is 0. The lowest BCUT2D eigenvalue weighted by atomic mass is 10.2. The summed E-state index contributed by atoms with van der Waals surface area (Å²) >= 11 is 5.96. The normalized spacial score (nSPS) is 13.5. The maximum atomic E-state index is 14.0. The summed E-state index contributed by atoms with van der Waals surface area (Å²) in [6, 6.07) is 10.3. The van der Waals surface area contributed by atoms with Crippen LogP contribution >= 0.6 is 11.6 Å². The summed E-state index contributed by atoms with van der Waals surface area (Å²) in [5.41, 5.74) is 1.90. The van der Waals surface area contributed by atoms with E-state index < -0.39 is 5.82 Å². The van der Waals surface area contributed by atoms with Crippen LogP contribution in [0.3, 0.4) is 0 Å². The quantitative estimate of drug-likeness (QED) is 0.697. The molecule has 3 aromatic rings. The van der Waals surface area contributed by atoms with Gasteiger partial charge in [-0.3, -0.25) is 4.98 Å². The molecule has 1 aliphatic carbocycles. The predicted molar refractivity (Wildman–Crippen MR) is 96.6 cm³/mol. The SMILES string of the molecule is Fc1ccc(Cl)cc1Nc1cc(-c2ccncc2)nc(NC2CC2)n1. The summed E-state index contributed by atoms with van der Waals surface area (Å²) in [4.78, 5) is 13.0. The van der Waals surface area contributed by atoms with Crippen LogP contribution in [0.4, 0.5) is 21.8 Å². The minimum absolute atomic E-state index is 0.268. The molecule has 1 saturated carbocycles. The van der Waals surface area contributed by atoms with Crippen LogP contribution in [-0.4, -0.2) is 21.0 Å². The summed E-state index contributed by atoms with van der Waals surface area (Å²) in [6.45, 7) is 0. The van der Waals surface area contributed by atoms with Crippen molar-refractivity contribution in [1.29, 1.82) is 0 Å². The molecule has 4 rings (SSSR count). The molecule has 1 fully saturated rings. The van der Waals surface area contributed by atoms with Crippen LogP contribution in [0.1, 0.15) is 12.8 Å². The van der Waals surface area contributed by atoms with Gasteiger partial charge in [0.2, 0.25) is 5.95 Å². The molecule has 25 heavy (non-hydrogen) atoms. The van der Waals surface area contributed by atoms with Gasteiger partial charge in [0.15, 0.2) is 0 Å². The van der Waals surface area contributed by atoms with E-state index in [1.807, 2.05) is 12.1 Å². The van der Waals surface area contributed by atoms with E-state index in [-0.39, 0.29) is 5.69 Å². The Morgan fingerprint density at radius 1 is 1.04 bits per heavy atom. The van der Waals surface area contributed by atoms with Crippen LogP contribution in [0.2, 0.25) is 5.02 Å². The highest BCUT2D eigenvalue weighted by Gasteiger charge is 2.22. The van der Waals surface area contributed by atoms with Crippen molar-refractivity contribution in [2.45, 2.75) is 18.9 Å². The second-order valence-electron chi connectivity index (χ2n) is 5.87. The van der Waals surface area contributed by atoms with Crippen LogP contribution in [-0.2, 0) is 0 Å². The van der Waals surface area contributed by atoms with Crippen LogP contribution in [0.25, 0.3) is 11.3 Å². The predicted octanol–water partition coefficient (Wildman–Crippen LogP) is 4.65. The van der Waals surface area contributed by atoms with E-state index in [9.17, 15) is 4.39 Å². The fourth-order valence-corrected chi connectivity index (χ4v) is 2.56. The van der Waals surface area contributed by atoms with Crippen molar-refractivity contribution in [2.24, 2.45) is 0 Å². The van der Waals surface area contributed by atoms with Crippen molar-refractivity contribution < 1.29 is 4.39 Å². The first-order valence-electron chi connectivity index (χ1n) is 7.95. The molecule has 0 bridgehead atoms. The molecule has 0 unspecified atom stereocenters. The molecule has 2 N–H and O–H groups in total. The Hall–Kier alpha value is -2.73. The molecule has 5 nitrogen and oxygen atoms in total. The van der Waals surface area contributed by atoms with E-state index in [0.29, 0.717) is 22.8 Å². The second-order valence-corrected chi connectivity index (χ2v) is 6.30. The highest BCUT2D eigenvalue weighted by molar-refractivity contribution is 6.30. The Morgan fingerprint density at radius 3 is 2.60 bits per heavy atom. The standard InChI is InChI=1S/C18H15ClFN5/c19-12-1-4-14(20)16(9-12)23-17-10-15(11-5-7-21-8-6-11)24-18(25-17)22-13-2-3-13/h1,4-10,13H,2-3H2,(H2,22,23,24,25). The zero-order chi connectivity index (χ0) is 17.2. The number of nitrogens with zero attached hydrogens (tertiary/aromatic N) is 3. The van der Waals surface area contributed by atoms with E-state index in [2.05, 4.69) is 25.6 Å². The maximum absolute atomic E-state index is 14.0. The molecular weight excluding hydrogens is 341 g/mol. The van der Waals surface area contributed by atoms with Crippen molar-refractivity contribution in [2.75, 3.05) is 10.6 Å². The van der Waals surface area contributed by atoms with Gasteiger partial charge in [0.1, 0.15) is 11.6 Å². The lowest BCUT2D eigenvalue weighted by Gasteiger charge is -2.12. The van der Waals surface area contributed by atoms with Gasteiger partial charge >= 0.3 is 0 Å². The first-order valence-corrected chi connectivity index (χ1v) is 8.33. The molecule has 0 radical (unpaired) electrons. The Bertz CT molecular complexity index is 899. The molecule has 2 aromatic heterocycles. The van der Waals surface area contributed by atoms with Gasteiger partial charge in [0, 0.05) is 35.1 Å². The van der Waals surface area contributed by atoms with Crippen molar-refractivity contribution in [3.8, 4) is 11.3 Å². The molecule has 7 heteroatoms. The van der Waals surface area contributed by atoms with Gasteiger partial charge in [-0.25, -0.2) is 9.37 Å². The van der Waals surface area contributed by atoms with Crippen molar-refractivity contribution in [3.63, 3.8) is 0 Å². The van der Waals surface area contributed by atoms with E-state index in [1.54, 1.807) is 18.5 Å². The van der Waals surface area contributed by atoms with Crippen LogP contribution in [0.5, 0.6) is 0 Å². The molecule has 0 amide bonds. The monoisotopic (exact) mass is 355 g/mol. The molecule has 0 aliphatic heterocycles. The number of nitrogens with one attached hydrogen (secondary N) is 2. The van der Waals surface area contributed by atoms with E-state index in [0.717, 1.165) is 24.1 Å². The van der Waals surface area contributed by atoms with Crippen molar-refractivity contribution in [1.82, 2.24) is 15.0 Å². The smallest absolute Gasteiger partial charge is 0.225 e. The third kappa shape index (κ3) is 3.85. The number of aromatic nitrogens is 3. The van der Waals surface area contributed by atoms with Gasteiger partial charge in [-0.15, -0.1) is 0 Å². The van der Waals surface area contributed by atoms with E-state index in [4.69, 9.17) is 11.6 Å².